The molecule has 0 aliphatic carbocycles. The third-order valence-corrected chi connectivity index (χ3v) is 4.40. The molecule has 0 fully saturated rings. The molecule has 0 spiro atoms. The number of imide groups is 1. The number of anilines is 4. The highest BCUT2D eigenvalue weighted by Crippen LogP contribution is 2.24. The Balaban J connectivity index is 1.40. The van der Waals surface area contributed by atoms with Crippen molar-refractivity contribution in [2.45, 2.75) is 0 Å². The van der Waals surface area contributed by atoms with Crippen molar-refractivity contribution >= 4 is 51.9 Å². The zero-order valence-corrected chi connectivity index (χ0v) is 15.5. The number of fused-ring (bicyclic) bond motifs is 1. The lowest BCUT2D eigenvalue weighted by Gasteiger charge is -2.12. The molecule has 0 saturated heterocycles. The van der Waals surface area contributed by atoms with Gasteiger partial charge in [0.05, 0.1) is 11.1 Å². The van der Waals surface area contributed by atoms with E-state index >= 15 is 0 Å². The monoisotopic (exact) mass is 388 g/mol. The Morgan fingerprint density at radius 1 is 0.679 bits per heavy atom. The van der Waals surface area contributed by atoms with E-state index in [4.69, 9.17) is 12.2 Å². The number of nitrogens with one attached hydrogen (secondary N) is 4. The number of rotatable bonds is 4. The zero-order chi connectivity index (χ0) is 19.5. The van der Waals surface area contributed by atoms with Gasteiger partial charge in [0.25, 0.3) is 11.8 Å². The van der Waals surface area contributed by atoms with Crippen LogP contribution in [0, 0.1) is 0 Å². The molecule has 0 unspecified atom stereocenters. The fraction of sp³-hybridized carbons (Fsp3) is 0. The van der Waals surface area contributed by atoms with Gasteiger partial charge >= 0.3 is 0 Å². The van der Waals surface area contributed by atoms with E-state index in [1.54, 1.807) is 18.2 Å². The molecule has 0 radical (unpaired) electrons. The molecular formula is C21H16N4O2S. The predicted octanol–water partition coefficient (Wildman–Crippen LogP) is 4.12. The van der Waals surface area contributed by atoms with Crippen molar-refractivity contribution in [3.8, 4) is 0 Å². The lowest BCUT2D eigenvalue weighted by Crippen LogP contribution is -2.19. The number of hydrogen-bond acceptors (Lipinski definition) is 4. The van der Waals surface area contributed by atoms with Crippen LogP contribution < -0.4 is 21.3 Å². The molecule has 6 nitrogen and oxygen atoms in total. The van der Waals surface area contributed by atoms with Crippen molar-refractivity contribution in [2.75, 3.05) is 16.0 Å². The molecule has 3 aromatic carbocycles. The molecule has 1 aliphatic rings. The Morgan fingerprint density at radius 2 is 1.25 bits per heavy atom. The van der Waals surface area contributed by atoms with Crippen LogP contribution in [0.15, 0.2) is 72.8 Å². The fourth-order valence-electron chi connectivity index (χ4n) is 2.86. The standard InChI is InChI=1S/C21H16N4O2S/c26-19-17-11-10-16(12-18(17)20(27)25-19)22-14-6-8-15(9-7-14)24-21(28)23-13-4-2-1-3-5-13/h1-12,22H,(H2,23,24,28)(H,25,26,27). The summed E-state index contributed by atoms with van der Waals surface area (Å²) in [5.74, 6) is -0.732. The normalized spacial score (nSPS) is 12.1. The average Bonchev–Trinajstić information content (AvgIpc) is 2.97. The Labute approximate surface area is 167 Å². The molecule has 7 heteroatoms. The van der Waals surface area contributed by atoms with E-state index in [0.29, 0.717) is 16.2 Å². The van der Waals surface area contributed by atoms with Gasteiger partial charge in [0.15, 0.2) is 5.11 Å². The first-order valence-electron chi connectivity index (χ1n) is 8.58. The van der Waals surface area contributed by atoms with Gasteiger partial charge in [-0.25, -0.2) is 0 Å². The first-order valence-corrected chi connectivity index (χ1v) is 8.99. The largest absolute Gasteiger partial charge is 0.356 e. The molecule has 28 heavy (non-hydrogen) atoms. The van der Waals surface area contributed by atoms with Gasteiger partial charge < -0.3 is 16.0 Å². The summed E-state index contributed by atoms with van der Waals surface area (Å²) in [5.41, 5.74) is 4.11. The topological polar surface area (TPSA) is 82.3 Å². The fourth-order valence-corrected chi connectivity index (χ4v) is 3.10. The summed E-state index contributed by atoms with van der Waals surface area (Å²) in [6.07, 6.45) is 0. The summed E-state index contributed by atoms with van der Waals surface area (Å²) in [5, 5.41) is 12.3. The highest BCUT2D eigenvalue weighted by atomic mass is 32.1. The minimum Gasteiger partial charge on any atom is -0.356 e. The minimum absolute atomic E-state index is 0.359. The predicted molar refractivity (Wildman–Crippen MR) is 114 cm³/mol. The molecule has 0 bridgehead atoms. The van der Waals surface area contributed by atoms with Gasteiger partial charge in [-0.15, -0.1) is 0 Å². The molecule has 4 rings (SSSR count). The highest BCUT2D eigenvalue weighted by molar-refractivity contribution is 7.80. The number of benzene rings is 3. The average molecular weight is 388 g/mol. The van der Waals surface area contributed by atoms with E-state index in [-0.39, 0.29) is 11.8 Å². The molecular weight excluding hydrogens is 372 g/mol. The van der Waals surface area contributed by atoms with Crippen LogP contribution in [0.4, 0.5) is 22.7 Å². The molecule has 1 heterocycles. The van der Waals surface area contributed by atoms with Crippen LogP contribution in [0.1, 0.15) is 20.7 Å². The van der Waals surface area contributed by atoms with Crippen molar-refractivity contribution in [3.05, 3.63) is 83.9 Å². The van der Waals surface area contributed by atoms with E-state index in [9.17, 15) is 9.59 Å². The molecule has 0 atom stereocenters. The van der Waals surface area contributed by atoms with Gasteiger partial charge in [-0.2, -0.15) is 0 Å². The first kappa shape index (κ1) is 17.7. The van der Waals surface area contributed by atoms with Crippen LogP contribution in [0.2, 0.25) is 0 Å². The summed E-state index contributed by atoms with van der Waals surface area (Å²) < 4.78 is 0. The van der Waals surface area contributed by atoms with Crippen molar-refractivity contribution < 1.29 is 9.59 Å². The second kappa shape index (κ2) is 7.50. The van der Waals surface area contributed by atoms with E-state index < -0.39 is 0 Å². The van der Waals surface area contributed by atoms with Gasteiger partial charge in [-0.1, -0.05) is 18.2 Å². The molecule has 1 aliphatic heterocycles. The van der Waals surface area contributed by atoms with Crippen LogP contribution in [-0.4, -0.2) is 16.9 Å². The van der Waals surface area contributed by atoms with Crippen LogP contribution in [0.25, 0.3) is 0 Å². The Morgan fingerprint density at radius 3 is 1.96 bits per heavy atom. The Bertz CT molecular complexity index is 1070. The maximum Gasteiger partial charge on any atom is 0.259 e. The molecule has 4 N–H and O–H groups in total. The van der Waals surface area contributed by atoms with Crippen molar-refractivity contribution in [1.29, 1.82) is 0 Å². The number of carbonyl (C=O) groups excluding carboxylic acids is 2. The number of carbonyl (C=O) groups is 2. The second-order valence-corrected chi connectivity index (χ2v) is 6.60. The van der Waals surface area contributed by atoms with Gasteiger partial charge in [-0.3, -0.25) is 14.9 Å². The molecule has 0 saturated carbocycles. The summed E-state index contributed by atoms with van der Waals surface area (Å²) in [6, 6.07) is 22.3. The number of amides is 2. The quantitative estimate of drug-likeness (QED) is 0.398. The third-order valence-electron chi connectivity index (χ3n) is 4.20. The SMILES string of the molecule is O=C1NC(=O)c2cc(Nc3ccc(NC(=S)Nc4ccccc4)cc3)ccc21. The van der Waals surface area contributed by atoms with Gasteiger partial charge in [0, 0.05) is 22.7 Å². The van der Waals surface area contributed by atoms with Gasteiger partial charge in [0.2, 0.25) is 0 Å². The first-order chi connectivity index (χ1) is 13.6. The van der Waals surface area contributed by atoms with Crippen molar-refractivity contribution in [2.24, 2.45) is 0 Å². The summed E-state index contributed by atoms with van der Waals surface area (Å²) >= 11 is 5.32. The van der Waals surface area contributed by atoms with E-state index in [0.717, 1.165) is 22.7 Å². The number of hydrogen-bond donors (Lipinski definition) is 4. The zero-order valence-electron chi connectivity index (χ0n) is 14.7. The lowest BCUT2D eigenvalue weighted by molar-refractivity contribution is 0.0879. The Kier molecular flexibility index (Phi) is 4.74. The van der Waals surface area contributed by atoms with Crippen LogP contribution in [-0.2, 0) is 0 Å². The minimum atomic E-state index is -0.373. The van der Waals surface area contributed by atoms with E-state index in [1.807, 2.05) is 54.6 Å². The molecule has 0 aromatic heterocycles. The second-order valence-electron chi connectivity index (χ2n) is 6.19. The Hall–Kier alpha value is -3.71. The summed E-state index contributed by atoms with van der Waals surface area (Å²) in [6.45, 7) is 0. The summed E-state index contributed by atoms with van der Waals surface area (Å²) in [7, 11) is 0. The number of thiocarbonyl (C=S) groups is 1. The van der Waals surface area contributed by atoms with Crippen LogP contribution in [0.5, 0.6) is 0 Å². The summed E-state index contributed by atoms with van der Waals surface area (Å²) in [4.78, 5) is 23.4. The van der Waals surface area contributed by atoms with Crippen molar-refractivity contribution in [3.63, 3.8) is 0 Å². The van der Waals surface area contributed by atoms with Crippen molar-refractivity contribution in [1.82, 2.24) is 5.32 Å². The van der Waals surface area contributed by atoms with Gasteiger partial charge in [-0.05, 0) is 66.8 Å². The lowest BCUT2D eigenvalue weighted by atomic mass is 10.1. The van der Waals surface area contributed by atoms with E-state index in [1.165, 1.54) is 0 Å². The maximum absolute atomic E-state index is 11.8. The van der Waals surface area contributed by atoms with Gasteiger partial charge in [0.1, 0.15) is 0 Å². The molecule has 138 valence electrons. The van der Waals surface area contributed by atoms with Crippen LogP contribution >= 0.6 is 12.2 Å². The molecule has 3 aromatic rings. The van der Waals surface area contributed by atoms with E-state index in [2.05, 4.69) is 21.3 Å². The maximum atomic E-state index is 11.8. The van der Waals surface area contributed by atoms with Crippen LogP contribution in [0.3, 0.4) is 0 Å². The number of para-hydroxylation sites is 1. The highest BCUT2D eigenvalue weighted by Gasteiger charge is 2.26. The third kappa shape index (κ3) is 3.84. The smallest absolute Gasteiger partial charge is 0.259 e. The molecule has 2 amide bonds.